The van der Waals surface area contributed by atoms with Crippen molar-refractivity contribution in [2.45, 2.75) is 58.8 Å². The Kier molecular flexibility index (Phi) is 11.1. The molecular formula is C13H26N2. The van der Waals surface area contributed by atoms with Crippen LogP contribution < -0.4 is 0 Å². The lowest BCUT2D eigenvalue weighted by Gasteiger charge is -2.20. The predicted molar refractivity (Wildman–Crippen MR) is 65.7 cm³/mol. The van der Waals surface area contributed by atoms with Gasteiger partial charge in [0, 0.05) is 13.0 Å². The first-order valence-corrected chi connectivity index (χ1v) is 6.44. The van der Waals surface area contributed by atoms with E-state index < -0.39 is 0 Å². The Labute approximate surface area is 95.3 Å². The number of nitrogens with zero attached hydrogens (tertiary/aromatic N) is 2. The number of hydrogen-bond donors (Lipinski definition) is 0. The molecule has 0 atom stereocenters. The van der Waals surface area contributed by atoms with Gasteiger partial charge in [0.1, 0.15) is 0 Å². The summed E-state index contributed by atoms with van der Waals surface area (Å²) in [7, 11) is 0. The third kappa shape index (κ3) is 9.75. The Balaban J connectivity index is 3.59. The van der Waals surface area contributed by atoms with Crippen LogP contribution in [0.4, 0.5) is 0 Å². The molecule has 2 heteroatoms. The van der Waals surface area contributed by atoms with Crippen molar-refractivity contribution >= 4 is 0 Å². The van der Waals surface area contributed by atoms with Gasteiger partial charge in [-0.05, 0) is 25.9 Å². The maximum Gasteiger partial charge on any atom is 0.0635 e. The molecule has 0 spiro atoms. The van der Waals surface area contributed by atoms with E-state index in [0.717, 1.165) is 6.54 Å². The second-order valence-corrected chi connectivity index (χ2v) is 4.16. The molecule has 0 radical (unpaired) electrons. The molecule has 0 aromatic rings. The molecule has 0 amide bonds. The second-order valence-electron chi connectivity index (χ2n) is 4.16. The zero-order valence-corrected chi connectivity index (χ0v) is 10.5. The lowest BCUT2D eigenvalue weighted by molar-refractivity contribution is 0.267. The van der Waals surface area contributed by atoms with Crippen LogP contribution >= 0.6 is 0 Å². The van der Waals surface area contributed by atoms with Gasteiger partial charge in [0.25, 0.3) is 0 Å². The molecule has 0 aromatic heterocycles. The van der Waals surface area contributed by atoms with E-state index in [1.165, 1.54) is 51.6 Å². The van der Waals surface area contributed by atoms with Gasteiger partial charge in [0.15, 0.2) is 0 Å². The lowest BCUT2D eigenvalue weighted by atomic mass is 10.2. The number of nitriles is 1. The summed E-state index contributed by atoms with van der Waals surface area (Å²) in [6.07, 6.45) is 8.44. The highest BCUT2D eigenvalue weighted by Crippen LogP contribution is 2.03. The van der Waals surface area contributed by atoms with Crippen LogP contribution in [0.3, 0.4) is 0 Å². The molecule has 0 fully saturated rings. The van der Waals surface area contributed by atoms with E-state index in [2.05, 4.69) is 24.8 Å². The van der Waals surface area contributed by atoms with Gasteiger partial charge in [0.2, 0.25) is 0 Å². The second kappa shape index (κ2) is 11.5. The summed E-state index contributed by atoms with van der Waals surface area (Å²) in [6.45, 7) is 7.79. The lowest BCUT2D eigenvalue weighted by Crippen LogP contribution is -2.27. The fraction of sp³-hybridized carbons (Fsp3) is 0.923. The number of hydrogen-bond acceptors (Lipinski definition) is 2. The van der Waals surface area contributed by atoms with Gasteiger partial charge in [-0.2, -0.15) is 5.26 Å². The third-order valence-electron chi connectivity index (χ3n) is 2.70. The fourth-order valence-electron chi connectivity index (χ4n) is 1.71. The van der Waals surface area contributed by atoms with E-state index in [1.807, 2.05) is 0 Å². The fourth-order valence-corrected chi connectivity index (χ4v) is 1.71. The first kappa shape index (κ1) is 14.5. The van der Waals surface area contributed by atoms with Crippen molar-refractivity contribution in [2.24, 2.45) is 0 Å². The van der Waals surface area contributed by atoms with Crippen LogP contribution in [-0.2, 0) is 0 Å². The van der Waals surface area contributed by atoms with Crippen LogP contribution in [0, 0.1) is 11.3 Å². The molecule has 0 aromatic carbocycles. The van der Waals surface area contributed by atoms with Crippen molar-refractivity contribution in [3.63, 3.8) is 0 Å². The molecule has 0 N–H and O–H groups in total. The average molecular weight is 210 g/mol. The molecule has 0 aliphatic rings. The average Bonchev–Trinajstić information content (AvgIpc) is 2.25. The van der Waals surface area contributed by atoms with E-state index >= 15 is 0 Å². The molecule has 0 saturated carbocycles. The van der Waals surface area contributed by atoms with E-state index in [1.54, 1.807) is 0 Å². The molecule has 0 aliphatic carbocycles. The normalized spacial score (nSPS) is 10.5. The Bertz CT molecular complexity index is 150. The van der Waals surface area contributed by atoms with Gasteiger partial charge in [-0.15, -0.1) is 0 Å². The van der Waals surface area contributed by atoms with Gasteiger partial charge < -0.3 is 4.90 Å². The van der Waals surface area contributed by atoms with Gasteiger partial charge in [-0.3, -0.25) is 0 Å². The molecule has 88 valence electrons. The highest BCUT2D eigenvalue weighted by Gasteiger charge is 2.03. The van der Waals surface area contributed by atoms with Crippen molar-refractivity contribution in [2.75, 3.05) is 19.6 Å². The summed E-state index contributed by atoms with van der Waals surface area (Å²) in [4.78, 5) is 2.45. The minimum atomic E-state index is 0.679. The zero-order chi connectivity index (χ0) is 11.4. The topological polar surface area (TPSA) is 27.0 Å². The molecule has 0 saturated heterocycles. The van der Waals surface area contributed by atoms with Gasteiger partial charge in [-0.1, -0.05) is 39.5 Å². The van der Waals surface area contributed by atoms with Crippen LogP contribution in [0.2, 0.25) is 0 Å². The van der Waals surface area contributed by atoms with E-state index in [0.29, 0.717) is 6.42 Å². The Morgan fingerprint density at radius 3 is 1.80 bits per heavy atom. The first-order valence-electron chi connectivity index (χ1n) is 6.44. The Morgan fingerprint density at radius 2 is 1.40 bits per heavy atom. The summed E-state index contributed by atoms with van der Waals surface area (Å²) in [6, 6.07) is 2.24. The molecule has 0 bridgehead atoms. The Hall–Kier alpha value is -0.550. The summed E-state index contributed by atoms with van der Waals surface area (Å²) in [5.41, 5.74) is 0. The van der Waals surface area contributed by atoms with Crippen molar-refractivity contribution in [1.29, 1.82) is 5.26 Å². The van der Waals surface area contributed by atoms with E-state index in [9.17, 15) is 0 Å². The van der Waals surface area contributed by atoms with Crippen LogP contribution in [-0.4, -0.2) is 24.5 Å². The predicted octanol–water partition coefficient (Wildman–Crippen LogP) is 3.58. The third-order valence-corrected chi connectivity index (χ3v) is 2.70. The number of rotatable bonds is 10. The first-order chi connectivity index (χ1) is 7.35. The van der Waals surface area contributed by atoms with Crippen molar-refractivity contribution < 1.29 is 0 Å². The molecule has 0 rings (SSSR count). The van der Waals surface area contributed by atoms with Crippen LogP contribution in [0.1, 0.15) is 58.8 Å². The minimum Gasteiger partial charge on any atom is -0.302 e. The van der Waals surface area contributed by atoms with Crippen molar-refractivity contribution in [3.8, 4) is 6.07 Å². The molecule has 15 heavy (non-hydrogen) atoms. The summed E-state index contributed by atoms with van der Waals surface area (Å²) < 4.78 is 0. The smallest absolute Gasteiger partial charge is 0.0635 e. The SMILES string of the molecule is CCCCCN(CCC#N)CCCCC. The standard InChI is InChI=1S/C13H26N2/c1-3-5-7-11-15(13-9-10-14)12-8-6-4-2/h3-9,11-13H2,1-2H3. The van der Waals surface area contributed by atoms with Crippen molar-refractivity contribution in [3.05, 3.63) is 0 Å². The summed E-state index contributed by atoms with van der Waals surface area (Å²) in [5, 5.41) is 8.58. The van der Waals surface area contributed by atoms with E-state index in [4.69, 9.17) is 5.26 Å². The van der Waals surface area contributed by atoms with Crippen molar-refractivity contribution in [1.82, 2.24) is 4.90 Å². The summed E-state index contributed by atoms with van der Waals surface area (Å²) in [5.74, 6) is 0. The molecule has 0 aliphatic heterocycles. The zero-order valence-electron chi connectivity index (χ0n) is 10.5. The molecule has 2 nitrogen and oxygen atoms in total. The quantitative estimate of drug-likeness (QED) is 0.515. The highest BCUT2D eigenvalue weighted by molar-refractivity contribution is 4.72. The monoisotopic (exact) mass is 210 g/mol. The maximum atomic E-state index is 8.58. The van der Waals surface area contributed by atoms with E-state index in [-0.39, 0.29) is 0 Å². The molecule has 0 heterocycles. The summed E-state index contributed by atoms with van der Waals surface area (Å²) >= 11 is 0. The molecular weight excluding hydrogens is 184 g/mol. The van der Waals surface area contributed by atoms with Gasteiger partial charge in [-0.25, -0.2) is 0 Å². The maximum absolute atomic E-state index is 8.58. The van der Waals surface area contributed by atoms with Gasteiger partial charge in [0.05, 0.1) is 6.07 Å². The van der Waals surface area contributed by atoms with Crippen LogP contribution in [0.5, 0.6) is 0 Å². The number of unbranched alkanes of at least 4 members (excludes halogenated alkanes) is 4. The Morgan fingerprint density at radius 1 is 0.867 bits per heavy atom. The minimum absolute atomic E-state index is 0.679. The van der Waals surface area contributed by atoms with Crippen LogP contribution in [0.25, 0.3) is 0 Å². The van der Waals surface area contributed by atoms with Gasteiger partial charge >= 0.3 is 0 Å². The highest BCUT2D eigenvalue weighted by atomic mass is 15.1. The largest absolute Gasteiger partial charge is 0.302 e. The molecule has 0 unspecified atom stereocenters. The van der Waals surface area contributed by atoms with Crippen LogP contribution in [0.15, 0.2) is 0 Å².